The molecule has 2 aromatic heterocycles. The Morgan fingerprint density at radius 1 is 1.11 bits per heavy atom. The van der Waals surface area contributed by atoms with Gasteiger partial charge in [0, 0.05) is 25.5 Å². The molecule has 0 spiro atoms. The van der Waals surface area contributed by atoms with E-state index in [1.807, 2.05) is 23.9 Å². The number of rotatable bonds is 8. The molecule has 3 aromatic rings. The summed E-state index contributed by atoms with van der Waals surface area (Å²) in [5.41, 5.74) is 1.30. The summed E-state index contributed by atoms with van der Waals surface area (Å²) in [4.78, 5) is 12.2. The average Bonchev–Trinajstić information content (AvgIpc) is 3.27. The minimum absolute atomic E-state index is 0.0926. The number of benzene rings is 1. The molecular formula is C18H19Cl2N5O2. The highest BCUT2D eigenvalue weighted by Gasteiger charge is 2.11. The topological polar surface area (TPSA) is 74.0 Å². The van der Waals surface area contributed by atoms with Crippen LogP contribution in [0.2, 0.25) is 10.0 Å². The van der Waals surface area contributed by atoms with Crippen molar-refractivity contribution < 1.29 is 9.53 Å². The Labute approximate surface area is 166 Å². The molecule has 0 atom stereocenters. The monoisotopic (exact) mass is 407 g/mol. The lowest BCUT2D eigenvalue weighted by Gasteiger charge is -2.09. The van der Waals surface area contributed by atoms with Crippen LogP contribution in [0.1, 0.15) is 22.6 Å². The van der Waals surface area contributed by atoms with E-state index in [1.165, 1.54) is 4.68 Å². The third-order valence-electron chi connectivity index (χ3n) is 3.76. The zero-order valence-electron chi connectivity index (χ0n) is 14.7. The number of ether oxygens (including phenoxy) is 1. The fraction of sp³-hybridized carbons (Fsp3) is 0.278. The van der Waals surface area contributed by atoms with Gasteiger partial charge in [0.2, 0.25) is 0 Å². The molecule has 0 aliphatic rings. The van der Waals surface area contributed by atoms with Gasteiger partial charge in [-0.3, -0.25) is 9.48 Å². The molecule has 0 bridgehead atoms. The van der Waals surface area contributed by atoms with Crippen molar-refractivity contribution in [2.45, 2.75) is 26.6 Å². The van der Waals surface area contributed by atoms with Gasteiger partial charge in [0.15, 0.2) is 12.5 Å². The number of aromatic nitrogens is 4. The van der Waals surface area contributed by atoms with Crippen molar-refractivity contribution in [3.05, 3.63) is 64.2 Å². The Bertz CT molecular complexity index is 902. The fourth-order valence-corrected chi connectivity index (χ4v) is 2.93. The number of amides is 1. The molecule has 7 nitrogen and oxygen atoms in total. The Hall–Kier alpha value is -2.51. The van der Waals surface area contributed by atoms with Crippen LogP contribution >= 0.6 is 23.2 Å². The molecule has 3 rings (SSSR count). The SMILES string of the molecule is Cc1ccn(CCCNC(=O)c2ccn(COc3c(Cl)cccc3Cl)n2)n1. The van der Waals surface area contributed by atoms with E-state index >= 15 is 0 Å². The lowest BCUT2D eigenvalue weighted by Crippen LogP contribution is -2.26. The predicted molar refractivity (Wildman–Crippen MR) is 103 cm³/mol. The van der Waals surface area contributed by atoms with Crippen LogP contribution < -0.4 is 10.1 Å². The van der Waals surface area contributed by atoms with E-state index in [0.29, 0.717) is 28.0 Å². The van der Waals surface area contributed by atoms with Gasteiger partial charge in [-0.15, -0.1) is 0 Å². The van der Waals surface area contributed by atoms with Crippen LogP contribution in [0.4, 0.5) is 0 Å². The molecule has 0 fully saturated rings. The van der Waals surface area contributed by atoms with Gasteiger partial charge in [0.05, 0.1) is 15.7 Å². The molecule has 0 aliphatic carbocycles. The van der Waals surface area contributed by atoms with E-state index in [-0.39, 0.29) is 12.6 Å². The number of para-hydroxylation sites is 1. The smallest absolute Gasteiger partial charge is 0.271 e. The van der Waals surface area contributed by atoms with E-state index in [9.17, 15) is 4.79 Å². The first-order valence-electron chi connectivity index (χ1n) is 8.41. The van der Waals surface area contributed by atoms with Crippen LogP contribution in [-0.4, -0.2) is 32.0 Å². The Balaban J connectivity index is 1.46. The van der Waals surface area contributed by atoms with Crippen molar-refractivity contribution in [3.63, 3.8) is 0 Å². The highest BCUT2D eigenvalue weighted by atomic mass is 35.5. The van der Waals surface area contributed by atoms with E-state index in [1.54, 1.807) is 30.5 Å². The zero-order chi connectivity index (χ0) is 19.2. The maximum absolute atomic E-state index is 12.2. The molecule has 0 unspecified atom stereocenters. The van der Waals surface area contributed by atoms with Crippen molar-refractivity contribution in [2.75, 3.05) is 6.54 Å². The van der Waals surface area contributed by atoms with Crippen molar-refractivity contribution in [1.82, 2.24) is 24.9 Å². The molecule has 0 saturated heterocycles. The van der Waals surface area contributed by atoms with E-state index in [2.05, 4.69) is 15.5 Å². The first-order valence-corrected chi connectivity index (χ1v) is 9.17. The molecular weight excluding hydrogens is 389 g/mol. The molecule has 142 valence electrons. The molecule has 1 amide bonds. The summed E-state index contributed by atoms with van der Waals surface area (Å²) >= 11 is 12.1. The maximum atomic E-state index is 12.2. The van der Waals surface area contributed by atoms with Gasteiger partial charge in [-0.2, -0.15) is 10.2 Å². The number of hydrogen-bond donors (Lipinski definition) is 1. The van der Waals surface area contributed by atoms with Gasteiger partial charge in [0.25, 0.3) is 5.91 Å². The van der Waals surface area contributed by atoms with Crippen molar-refractivity contribution in [1.29, 1.82) is 0 Å². The minimum atomic E-state index is -0.235. The van der Waals surface area contributed by atoms with Crippen molar-refractivity contribution in [2.24, 2.45) is 0 Å². The van der Waals surface area contributed by atoms with Crippen LogP contribution in [0.5, 0.6) is 5.75 Å². The van der Waals surface area contributed by atoms with E-state index in [4.69, 9.17) is 27.9 Å². The highest BCUT2D eigenvalue weighted by Crippen LogP contribution is 2.32. The third kappa shape index (κ3) is 5.24. The fourth-order valence-electron chi connectivity index (χ4n) is 2.43. The molecule has 9 heteroatoms. The van der Waals surface area contributed by atoms with Gasteiger partial charge in [-0.1, -0.05) is 29.3 Å². The number of carbonyl (C=O) groups excluding carboxylic acids is 1. The number of hydrogen-bond acceptors (Lipinski definition) is 4. The lowest BCUT2D eigenvalue weighted by atomic mass is 10.3. The lowest BCUT2D eigenvalue weighted by molar-refractivity contribution is 0.0945. The number of aryl methyl sites for hydroxylation is 2. The third-order valence-corrected chi connectivity index (χ3v) is 4.35. The Kier molecular flexibility index (Phi) is 6.36. The number of nitrogens with one attached hydrogen (secondary N) is 1. The summed E-state index contributed by atoms with van der Waals surface area (Å²) < 4.78 is 8.95. The maximum Gasteiger partial charge on any atom is 0.271 e. The summed E-state index contributed by atoms with van der Waals surface area (Å²) in [6.07, 6.45) is 4.36. The Morgan fingerprint density at radius 2 is 1.85 bits per heavy atom. The number of nitrogens with zero attached hydrogens (tertiary/aromatic N) is 4. The highest BCUT2D eigenvalue weighted by molar-refractivity contribution is 6.37. The van der Waals surface area contributed by atoms with Crippen molar-refractivity contribution in [3.8, 4) is 5.75 Å². The van der Waals surface area contributed by atoms with Crippen molar-refractivity contribution >= 4 is 29.1 Å². The summed E-state index contributed by atoms with van der Waals surface area (Å²) in [7, 11) is 0. The predicted octanol–water partition coefficient (Wildman–Crippen LogP) is 3.55. The van der Waals surface area contributed by atoms with Gasteiger partial charge >= 0.3 is 0 Å². The van der Waals surface area contributed by atoms with E-state index in [0.717, 1.165) is 18.7 Å². The van der Waals surface area contributed by atoms with Gasteiger partial charge in [0.1, 0.15) is 5.69 Å². The first-order chi connectivity index (χ1) is 13.0. The number of carbonyl (C=O) groups is 1. The normalized spacial score (nSPS) is 10.8. The molecule has 2 heterocycles. The second-order valence-corrected chi connectivity index (χ2v) is 6.71. The zero-order valence-corrected chi connectivity index (χ0v) is 16.2. The van der Waals surface area contributed by atoms with Crippen LogP contribution in [0.3, 0.4) is 0 Å². The van der Waals surface area contributed by atoms with Crippen LogP contribution in [0, 0.1) is 6.92 Å². The average molecular weight is 408 g/mol. The molecule has 27 heavy (non-hydrogen) atoms. The summed E-state index contributed by atoms with van der Waals surface area (Å²) in [5, 5.41) is 12.2. The molecule has 0 saturated carbocycles. The van der Waals surface area contributed by atoms with E-state index < -0.39 is 0 Å². The van der Waals surface area contributed by atoms with Crippen LogP contribution in [0.15, 0.2) is 42.7 Å². The molecule has 0 radical (unpaired) electrons. The molecule has 1 aromatic carbocycles. The summed E-state index contributed by atoms with van der Waals surface area (Å²) in [5.74, 6) is 0.150. The van der Waals surface area contributed by atoms with Gasteiger partial charge in [-0.25, -0.2) is 4.68 Å². The van der Waals surface area contributed by atoms with Crippen LogP contribution in [0.25, 0.3) is 0 Å². The molecule has 1 N–H and O–H groups in total. The van der Waals surface area contributed by atoms with Gasteiger partial charge in [-0.05, 0) is 37.6 Å². The number of halogens is 2. The quantitative estimate of drug-likeness (QED) is 0.579. The standard InChI is InChI=1S/C18H19Cl2N5O2/c1-13-6-10-24(22-13)9-3-8-21-18(26)16-7-11-25(23-16)12-27-17-14(19)4-2-5-15(17)20/h2,4-7,10-11H,3,8-9,12H2,1H3,(H,21,26). The first kappa shape index (κ1) is 19.3. The summed E-state index contributed by atoms with van der Waals surface area (Å²) in [6, 6.07) is 8.69. The Morgan fingerprint density at radius 3 is 2.56 bits per heavy atom. The molecule has 0 aliphatic heterocycles. The largest absolute Gasteiger partial charge is 0.468 e. The summed E-state index contributed by atoms with van der Waals surface area (Å²) in [6.45, 7) is 3.32. The van der Waals surface area contributed by atoms with Crippen LogP contribution in [-0.2, 0) is 13.3 Å². The second kappa shape index (κ2) is 8.92. The minimum Gasteiger partial charge on any atom is -0.468 e. The second-order valence-electron chi connectivity index (χ2n) is 5.89. The van der Waals surface area contributed by atoms with Gasteiger partial charge < -0.3 is 10.1 Å².